The summed E-state index contributed by atoms with van der Waals surface area (Å²) in [6.07, 6.45) is 3.04. The summed E-state index contributed by atoms with van der Waals surface area (Å²) in [4.78, 5) is 28.3. The van der Waals surface area contributed by atoms with E-state index in [0.717, 1.165) is 22.0 Å². The number of carbonyl (C=O) groups is 2. The van der Waals surface area contributed by atoms with Crippen LogP contribution in [0.5, 0.6) is 11.5 Å². The molecule has 0 spiro atoms. The number of carbonyl (C=O) groups excluding carboxylic acids is 2. The molecule has 2 amide bonds. The van der Waals surface area contributed by atoms with E-state index in [1.54, 1.807) is 14.2 Å². The number of amides is 2. The van der Waals surface area contributed by atoms with Crippen molar-refractivity contribution in [1.29, 1.82) is 0 Å². The first-order valence-corrected chi connectivity index (χ1v) is 10.6. The predicted molar refractivity (Wildman–Crippen MR) is 124 cm³/mol. The van der Waals surface area contributed by atoms with Crippen LogP contribution < -0.4 is 25.8 Å². The van der Waals surface area contributed by atoms with E-state index in [0.29, 0.717) is 30.9 Å². The van der Waals surface area contributed by atoms with Crippen LogP contribution in [0.3, 0.4) is 0 Å². The minimum absolute atomic E-state index is 0.170. The van der Waals surface area contributed by atoms with Crippen molar-refractivity contribution >= 4 is 22.7 Å². The van der Waals surface area contributed by atoms with E-state index < -0.39 is 6.04 Å². The summed E-state index contributed by atoms with van der Waals surface area (Å²) in [5, 5.41) is 6.79. The normalized spacial score (nSPS) is 11.7. The zero-order chi connectivity index (χ0) is 22.9. The second-order valence-corrected chi connectivity index (χ2v) is 7.45. The minimum Gasteiger partial charge on any atom is -0.493 e. The Labute approximate surface area is 187 Å². The summed E-state index contributed by atoms with van der Waals surface area (Å²) in [5.74, 6) is 0.817. The average molecular weight is 439 g/mol. The van der Waals surface area contributed by atoms with Gasteiger partial charge in [-0.05, 0) is 35.7 Å². The van der Waals surface area contributed by atoms with Gasteiger partial charge in [0.1, 0.15) is 6.04 Å². The van der Waals surface area contributed by atoms with Gasteiger partial charge in [-0.25, -0.2) is 0 Å². The van der Waals surface area contributed by atoms with Crippen LogP contribution in [0.1, 0.15) is 17.5 Å². The molecule has 0 fully saturated rings. The van der Waals surface area contributed by atoms with Crippen molar-refractivity contribution in [2.24, 2.45) is 5.73 Å². The Hall–Kier alpha value is -3.52. The third kappa shape index (κ3) is 5.79. The van der Waals surface area contributed by atoms with E-state index in [9.17, 15) is 9.59 Å². The molecule has 8 heteroatoms. The summed E-state index contributed by atoms with van der Waals surface area (Å²) < 4.78 is 10.6. The smallest absolute Gasteiger partial charge is 0.242 e. The lowest BCUT2D eigenvalue weighted by Gasteiger charge is -2.18. The molecule has 3 aromatic rings. The number of aromatic amines is 1. The zero-order valence-electron chi connectivity index (χ0n) is 18.4. The highest BCUT2D eigenvalue weighted by atomic mass is 16.5. The Bertz CT molecular complexity index is 1060. The number of fused-ring (bicyclic) bond motifs is 1. The number of para-hydroxylation sites is 1. The molecule has 2 aromatic carbocycles. The maximum absolute atomic E-state index is 12.9. The highest BCUT2D eigenvalue weighted by Crippen LogP contribution is 2.27. The summed E-state index contributed by atoms with van der Waals surface area (Å²) in [6, 6.07) is 12.8. The van der Waals surface area contributed by atoms with Crippen LogP contribution in [0.15, 0.2) is 48.7 Å². The SMILES string of the molecule is COc1ccc(CCNC(=O)C(Cc2c[nH]c3ccccc23)NC(=O)CCN)cc1OC. The molecule has 0 radical (unpaired) electrons. The van der Waals surface area contributed by atoms with Gasteiger partial charge in [0.15, 0.2) is 11.5 Å². The summed E-state index contributed by atoms with van der Waals surface area (Å²) in [5.41, 5.74) is 8.45. The van der Waals surface area contributed by atoms with Crippen LogP contribution in [0.2, 0.25) is 0 Å². The third-order valence-electron chi connectivity index (χ3n) is 5.28. The molecule has 1 aromatic heterocycles. The molecule has 0 saturated heterocycles. The molecular weight excluding hydrogens is 408 g/mol. The number of aromatic nitrogens is 1. The molecular formula is C24H30N4O4. The van der Waals surface area contributed by atoms with E-state index in [1.165, 1.54) is 0 Å². The quantitative estimate of drug-likeness (QED) is 0.365. The lowest BCUT2D eigenvalue weighted by molar-refractivity contribution is -0.128. The Morgan fingerprint density at radius 1 is 1.09 bits per heavy atom. The van der Waals surface area contributed by atoms with E-state index in [4.69, 9.17) is 15.2 Å². The lowest BCUT2D eigenvalue weighted by atomic mass is 10.0. The van der Waals surface area contributed by atoms with Gasteiger partial charge >= 0.3 is 0 Å². The molecule has 1 unspecified atom stereocenters. The largest absolute Gasteiger partial charge is 0.493 e. The first kappa shape index (κ1) is 23.1. The van der Waals surface area contributed by atoms with E-state index in [-0.39, 0.29) is 24.8 Å². The number of benzene rings is 2. The van der Waals surface area contributed by atoms with Gasteiger partial charge in [-0.2, -0.15) is 0 Å². The third-order valence-corrected chi connectivity index (χ3v) is 5.28. The van der Waals surface area contributed by atoms with Gasteiger partial charge in [-0.15, -0.1) is 0 Å². The summed E-state index contributed by atoms with van der Waals surface area (Å²) in [6.45, 7) is 0.651. The zero-order valence-corrected chi connectivity index (χ0v) is 18.4. The Morgan fingerprint density at radius 3 is 2.62 bits per heavy atom. The number of hydrogen-bond acceptors (Lipinski definition) is 5. The van der Waals surface area contributed by atoms with Crippen molar-refractivity contribution in [3.63, 3.8) is 0 Å². The molecule has 0 bridgehead atoms. The van der Waals surface area contributed by atoms with Crippen molar-refractivity contribution in [2.45, 2.75) is 25.3 Å². The Balaban J connectivity index is 1.66. The first-order valence-electron chi connectivity index (χ1n) is 10.6. The maximum atomic E-state index is 12.9. The van der Waals surface area contributed by atoms with Crippen molar-refractivity contribution in [1.82, 2.24) is 15.6 Å². The Morgan fingerprint density at radius 2 is 1.88 bits per heavy atom. The van der Waals surface area contributed by atoms with Gasteiger partial charge in [0, 0.05) is 43.0 Å². The maximum Gasteiger partial charge on any atom is 0.242 e. The number of nitrogens with two attached hydrogens (primary N) is 1. The number of methoxy groups -OCH3 is 2. The van der Waals surface area contributed by atoms with Gasteiger partial charge in [0.25, 0.3) is 0 Å². The number of H-pyrrole nitrogens is 1. The molecule has 1 heterocycles. The van der Waals surface area contributed by atoms with Crippen LogP contribution in [0.4, 0.5) is 0 Å². The van der Waals surface area contributed by atoms with E-state index >= 15 is 0 Å². The topological polar surface area (TPSA) is 118 Å². The predicted octanol–water partition coefficient (Wildman–Crippen LogP) is 1.92. The fraction of sp³-hybridized carbons (Fsp3) is 0.333. The van der Waals surface area contributed by atoms with E-state index in [2.05, 4.69) is 15.6 Å². The first-order chi connectivity index (χ1) is 15.5. The summed E-state index contributed by atoms with van der Waals surface area (Å²) >= 11 is 0. The molecule has 1 atom stereocenters. The van der Waals surface area contributed by atoms with Gasteiger partial charge in [-0.3, -0.25) is 9.59 Å². The van der Waals surface area contributed by atoms with Gasteiger partial charge in [-0.1, -0.05) is 24.3 Å². The van der Waals surface area contributed by atoms with Crippen molar-refractivity contribution in [3.05, 3.63) is 59.8 Å². The molecule has 32 heavy (non-hydrogen) atoms. The number of nitrogens with one attached hydrogen (secondary N) is 3. The average Bonchev–Trinajstić information content (AvgIpc) is 3.21. The molecule has 0 aliphatic rings. The monoisotopic (exact) mass is 438 g/mol. The second-order valence-electron chi connectivity index (χ2n) is 7.45. The number of rotatable bonds is 11. The highest BCUT2D eigenvalue weighted by Gasteiger charge is 2.22. The fourth-order valence-electron chi connectivity index (χ4n) is 3.62. The van der Waals surface area contributed by atoms with Gasteiger partial charge in [0.2, 0.25) is 11.8 Å². The number of hydrogen-bond donors (Lipinski definition) is 4. The van der Waals surface area contributed by atoms with Crippen LogP contribution in [-0.4, -0.2) is 50.1 Å². The van der Waals surface area contributed by atoms with Crippen molar-refractivity contribution < 1.29 is 19.1 Å². The summed E-state index contributed by atoms with van der Waals surface area (Å²) in [7, 11) is 3.17. The molecule has 0 saturated carbocycles. The van der Waals surface area contributed by atoms with Gasteiger partial charge in [0.05, 0.1) is 14.2 Å². The highest BCUT2D eigenvalue weighted by molar-refractivity contribution is 5.89. The van der Waals surface area contributed by atoms with Crippen molar-refractivity contribution in [2.75, 3.05) is 27.3 Å². The molecule has 8 nitrogen and oxygen atoms in total. The standard InChI is InChI=1S/C24H30N4O4/c1-31-21-8-7-16(13-22(21)32-2)10-12-26-24(30)20(28-23(29)9-11-25)14-17-15-27-19-6-4-3-5-18(17)19/h3-8,13,15,20,27H,9-12,14,25H2,1-2H3,(H,26,30)(H,28,29). The minimum atomic E-state index is -0.696. The van der Waals surface area contributed by atoms with Gasteiger partial charge < -0.3 is 30.8 Å². The molecule has 170 valence electrons. The van der Waals surface area contributed by atoms with Crippen LogP contribution >= 0.6 is 0 Å². The van der Waals surface area contributed by atoms with Crippen LogP contribution in [0.25, 0.3) is 10.9 Å². The van der Waals surface area contributed by atoms with E-state index in [1.807, 2.05) is 48.7 Å². The number of ether oxygens (including phenoxy) is 2. The van der Waals surface area contributed by atoms with Crippen LogP contribution in [0, 0.1) is 0 Å². The molecule has 0 aliphatic carbocycles. The van der Waals surface area contributed by atoms with Crippen molar-refractivity contribution in [3.8, 4) is 11.5 Å². The molecule has 5 N–H and O–H groups in total. The fourth-order valence-corrected chi connectivity index (χ4v) is 3.62. The lowest BCUT2D eigenvalue weighted by Crippen LogP contribution is -2.48. The molecule has 3 rings (SSSR count). The van der Waals surface area contributed by atoms with Crippen LogP contribution in [-0.2, 0) is 22.4 Å². The molecule has 0 aliphatic heterocycles. The Kier molecular flexibility index (Phi) is 8.10. The second kappa shape index (κ2) is 11.2.